The standard InChI is InChI=1S/C14H12BrCl2NO/c15-10-1-2-14(9(5-10)3-4-18)19-13-7-11(16)6-12(17)8-13/h1-2,5-8H,3-4,18H2. The van der Waals surface area contributed by atoms with Crippen LogP contribution in [-0.4, -0.2) is 6.54 Å². The predicted molar refractivity (Wildman–Crippen MR) is 83.4 cm³/mol. The zero-order chi connectivity index (χ0) is 13.8. The molecule has 0 atom stereocenters. The molecule has 2 rings (SSSR count). The molecular formula is C14H12BrCl2NO. The van der Waals surface area contributed by atoms with Crippen molar-refractivity contribution in [2.75, 3.05) is 6.54 Å². The molecule has 0 aliphatic rings. The van der Waals surface area contributed by atoms with Crippen LogP contribution in [0.25, 0.3) is 0 Å². The van der Waals surface area contributed by atoms with E-state index in [1.54, 1.807) is 18.2 Å². The number of hydrogen-bond donors (Lipinski definition) is 1. The van der Waals surface area contributed by atoms with Crippen molar-refractivity contribution < 1.29 is 4.74 Å². The molecule has 2 nitrogen and oxygen atoms in total. The van der Waals surface area contributed by atoms with Crippen LogP contribution in [0.15, 0.2) is 40.9 Å². The first-order valence-corrected chi connectivity index (χ1v) is 7.26. The van der Waals surface area contributed by atoms with Crippen molar-refractivity contribution in [1.82, 2.24) is 0 Å². The molecule has 19 heavy (non-hydrogen) atoms. The Bertz CT molecular complexity index is 569. The van der Waals surface area contributed by atoms with Gasteiger partial charge in [-0.15, -0.1) is 0 Å². The summed E-state index contributed by atoms with van der Waals surface area (Å²) in [5.41, 5.74) is 6.64. The molecule has 0 aliphatic heterocycles. The van der Waals surface area contributed by atoms with E-state index in [2.05, 4.69) is 15.9 Å². The van der Waals surface area contributed by atoms with Gasteiger partial charge >= 0.3 is 0 Å². The van der Waals surface area contributed by atoms with E-state index in [-0.39, 0.29) is 0 Å². The fraction of sp³-hybridized carbons (Fsp3) is 0.143. The quantitative estimate of drug-likeness (QED) is 0.827. The third-order valence-corrected chi connectivity index (χ3v) is 3.43. The number of hydrogen-bond acceptors (Lipinski definition) is 2. The fourth-order valence-electron chi connectivity index (χ4n) is 1.71. The van der Waals surface area contributed by atoms with E-state index in [4.69, 9.17) is 33.7 Å². The van der Waals surface area contributed by atoms with Crippen molar-refractivity contribution in [3.8, 4) is 11.5 Å². The maximum absolute atomic E-state index is 5.95. The third kappa shape index (κ3) is 4.11. The summed E-state index contributed by atoms with van der Waals surface area (Å²) >= 11 is 15.3. The van der Waals surface area contributed by atoms with Crippen LogP contribution in [0.2, 0.25) is 10.0 Å². The Hall–Kier alpha value is -0.740. The van der Waals surface area contributed by atoms with Crippen LogP contribution in [0.5, 0.6) is 11.5 Å². The first-order valence-electron chi connectivity index (χ1n) is 5.71. The zero-order valence-electron chi connectivity index (χ0n) is 10.00. The van der Waals surface area contributed by atoms with Crippen LogP contribution in [0.3, 0.4) is 0 Å². The average Bonchev–Trinajstić information content (AvgIpc) is 2.32. The Labute approximate surface area is 130 Å². The van der Waals surface area contributed by atoms with Crippen molar-refractivity contribution in [3.63, 3.8) is 0 Å². The maximum atomic E-state index is 5.95. The van der Waals surface area contributed by atoms with Crippen LogP contribution in [0, 0.1) is 0 Å². The van der Waals surface area contributed by atoms with E-state index in [9.17, 15) is 0 Å². The van der Waals surface area contributed by atoms with Crippen molar-refractivity contribution in [1.29, 1.82) is 0 Å². The molecule has 0 spiro atoms. The van der Waals surface area contributed by atoms with Crippen LogP contribution >= 0.6 is 39.1 Å². The molecule has 2 N–H and O–H groups in total. The Kier molecular flexibility index (Phi) is 5.11. The Morgan fingerprint density at radius 2 is 1.74 bits per heavy atom. The summed E-state index contributed by atoms with van der Waals surface area (Å²) < 4.78 is 6.83. The lowest BCUT2D eigenvalue weighted by molar-refractivity contribution is 0.476. The summed E-state index contributed by atoms with van der Waals surface area (Å²) in [4.78, 5) is 0. The molecule has 0 aliphatic carbocycles. The van der Waals surface area contributed by atoms with Crippen LogP contribution < -0.4 is 10.5 Å². The lowest BCUT2D eigenvalue weighted by Crippen LogP contribution is -2.04. The monoisotopic (exact) mass is 359 g/mol. The highest BCUT2D eigenvalue weighted by atomic mass is 79.9. The smallest absolute Gasteiger partial charge is 0.130 e. The van der Waals surface area contributed by atoms with Gasteiger partial charge < -0.3 is 10.5 Å². The van der Waals surface area contributed by atoms with Gasteiger partial charge in [0.25, 0.3) is 0 Å². The highest BCUT2D eigenvalue weighted by Gasteiger charge is 2.07. The number of rotatable bonds is 4. The minimum absolute atomic E-state index is 0.542. The van der Waals surface area contributed by atoms with Crippen LogP contribution in [0.4, 0.5) is 0 Å². The molecule has 0 unspecified atom stereocenters. The minimum Gasteiger partial charge on any atom is -0.457 e. The molecule has 0 amide bonds. The molecule has 100 valence electrons. The van der Waals surface area contributed by atoms with Gasteiger partial charge in [0.2, 0.25) is 0 Å². The highest BCUT2D eigenvalue weighted by Crippen LogP contribution is 2.31. The summed E-state index contributed by atoms with van der Waals surface area (Å²) in [6, 6.07) is 10.9. The van der Waals surface area contributed by atoms with Crippen molar-refractivity contribution >= 4 is 39.1 Å². The van der Waals surface area contributed by atoms with Gasteiger partial charge in [0.05, 0.1) is 0 Å². The van der Waals surface area contributed by atoms with Gasteiger partial charge in [-0.1, -0.05) is 39.1 Å². The number of nitrogens with two attached hydrogens (primary N) is 1. The molecule has 5 heteroatoms. The number of ether oxygens (including phenoxy) is 1. The Morgan fingerprint density at radius 3 is 2.37 bits per heavy atom. The number of benzene rings is 2. The largest absolute Gasteiger partial charge is 0.457 e. The van der Waals surface area contributed by atoms with Crippen LogP contribution in [0.1, 0.15) is 5.56 Å². The van der Waals surface area contributed by atoms with Crippen molar-refractivity contribution in [2.24, 2.45) is 5.73 Å². The second kappa shape index (κ2) is 6.62. The summed E-state index contributed by atoms with van der Waals surface area (Å²) in [6.07, 6.45) is 0.739. The predicted octanol–water partition coefficient (Wildman–Crippen LogP) is 5.05. The molecule has 0 saturated heterocycles. The molecule has 0 fully saturated rings. The summed E-state index contributed by atoms with van der Waals surface area (Å²) in [5, 5.41) is 1.08. The van der Waals surface area contributed by atoms with Crippen molar-refractivity contribution in [3.05, 3.63) is 56.5 Å². The van der Waals surface area contributed by atoms with Crippen LogP contribution in [-0.2, 0) is 6.42 Å². The van der Waals surface area contributed by atoms with E-state index in [0.717, 1.165) is 22.2 Å². The normalized spacial score (nSPS) is 10.5. The Morgan fingerprint density at radius 1 is 1.05 bits per heavy atom. The topological polar surface area (TPSA) is 35.2 Å². The van der Waals surface area contributed by atoms with E-state index >= 15 is 0 Å². The lowest BCUT2D eigenvalue weighted by atomic mass is 10.1. The SMILES string of the molecule is NCCc1cc(Br)ccc1Oc1cc(Cl)cc(Cl)c1. The maximum Gasteiger partial charge on any atom is 0.130 e. The average molecular weight is 361 g/mol. The second-order valence-electron chi connectivity index (χ2n) is 4.00. The summed E-state index contributed by atoms with van der Waals surface area (Å²) in [5.74, 6) is 1.37. The van der Waals surface area contributed by atoms with E-state index in [0.29, 0.717) is 22.3 Å². The first-order chi connectivity index (χ1) is 9.08. The molecule has 2 aromatic rings. The van der Waals surface area contributed by atoms with Gasteiger partial charge in [-0.05, 0) is 54.9 Å². The third-order valence-electron chi connectivity index (χ3n) is 2.50. The van der Waals surface area contributed by atoms with Gasteiger partial charge in [-0.2, -0.15) is 0 Å². The zero-order valence-corrected chi connectivity index (χ0v) is 13.1. The van der Waals surface area contributed by atoms with E-state index in [1.165, 1.54) is 0 Å². The minimum atomic E-state index is 0.542. The lowest BCUT2D eigenvalue weighted by Gasteiger charge is -2.11. The van der Waals surface area contributed by atoms with Gasteiger partial charge in [-0.25, -0.2) is 0 Å². The van der Waals surface area contributed by atoms with Gasteiger partial charge in [0, 0.05) is 14.5 Å². The molecule has 2 aromatic carbocycles. The molecule has 0 heterocycles. The first kappa shape index (κ1) is 14.7. The molecular weight excluding hydrogens is 349 g/mol. The summed E-state index contributed by atoms with van der Waals surface area (Å²) in [6.45, 7) is 0.559. The van der Waals surface area contributed by atoms with Gasteiger partial charge in [-0.3, -0.25) is 0 Å². The van der Waals surface area contributed by atoms with E-state index in [1.807, 2.05) is 18.2 Å². The Balaban J connectivity index is 2.31. The molecule has 0 saturated carbocycles. The molecule has 0 radical (unpaired) electrons. The van der Waals surface area contributed by atoms with E-state index < -0.39 is 0 Å². The fourth-order valence-corrected chi connectivity index (χ4v) is 2.63. The number of halogens is 3. The van der Waals surface area contributed by atoms with Gasteiger partial charge in [0.1, 0.15) is 11.5 Å². The van der Waals surface area contributed by atoms with Crippen molar-refractivity contribution in [2.45, 2.75) is 6.42 Å². The second-order valence-corrected chi connectivity index (χ2v) is 5.79. The summed E-state index contributed by atoms with van der Waals surface area (Å²) in [7, 11) is 0. The highest BCUT2D eigenvalue weighted by molar-refractivity contribution is 9.10. The van der Waals surface area contributed by atoms with Gasteiger partial charge in [0.15, 0.2) is 0 Å². The molecule has 0 aromatic heterocycles. The molecule has 0 bridgehead atoms.